The van der Waals surface area contributed by atoms with E-state index in [1.54, 1.807) is 7.11 Å². The van der Waals surface area contributed by atoms with E-state index < -0.39 is 10.0 Å². The SMILES string of the molecule is COCC(N)CCNS(=O)(=O)CC(C)(C)C. The van der Waals surface area contributed by atoms with E-state index >= 15 is 0 Å². The molecule has 0 aromatic rings. The van der Waals surface area contributed by atoms with Crippen molar-refractivity contribution in [3.63, 3.8) is 0 Å². The largest absolute Gasteiger partial charge is 0.383 e. The molecular formula is C10H24N2O3S. The van der Waals surface area contributed by atoms with Crippen LogP contribution in [0.15, 0.2) is 0 Å². The van der Waals surface area contributed by atoms with Crippen LogP contribution in [0.25, 0.3) is 0 Å². The maximum absolute atomic E-state index is 11.6. The van der Waals surface area contributed by atoms with Gasteiger partial charge in [0.05, 0.1) is 12.4 Å². The molecule has 1 unspecified atom stereocenters. The van der Waals surface area contributed by atoms with Crippen LogP contribution in [-0.2, 0) is 14.8 Å². The van der Waals surface area contributed by atoms with Crippen LogP contribution < -0.4 is 10.5 Å². The van der Waals surface area contributed by atoms with Gasteiger partial charge in [-0.15, -0.1) is 0 Å². The molecule has 5 nitrogen and oxygen atoms in total. The lowest BCUT2D eigenvalue weighted by Gasteiger charge is -2.18. The Morgan fingerprint density at radius 2 is 1.94 bits per heavy atom. The summed E-state index contributed by atoms with van der Waals surface area (Å²) in [5.41, 5.74) is 5.45. The number of hydrogen-bond acceptors (Lipinski definition) is 4. The van der Waals surface area contributed by atoms with Crippen LogP contribution in [0.2, 0.25) is 0 Å². The van der Waals surface area contributed by atoms with Crippen molar-refractivity contribution in [3.8, 4) is 0 Å². The first kappa shape index (κ1) is 15.8. The number of methoxy groups -OCH3 is 1. The Kier molecular flexibility index (Phi) is 6.47. The number of sulfonamides is 1. The van der Waals surface area contributed by atoms with Crippen molar-refractivity contribution in [1.82, 2.24) is 4.72 Å². The van der Waals surface area contributed by atoms with Gasteiger partial charge in [-0.2, -0.15) is 0 Å². The molecule has 0 aliphatic heterocycles. The van der Waals surface area contributed by atoms with Gasteiger partial charge in [0.2, 0.25) is 10.0 Å². The van der Waals surface area contributed by atoms with Gasteiger partial charge in [0.1, 0.15) is 0 Å². The Hall–Kier alpha value is -0.170. The van der Waals surface area contributed by atoms with Crippen LogP contribution in [0.5, 0.6) is 0 Å². The summed E-state index contributed by atoms with van der Waals surface area (Å²) in [5.74, 6) is 0.125. The third kappa shape index (κ3) is 9.08. The number of ether oxygens (including phenoxy) is 1. The summed E-state index contributed by atoms with van der Waals surface area (Å²) >= 11 is 0. The van der Waals surface area contributed by atoms with Crippen molar-refractivity contribution in [2.75, 3.05) is 26.0 Å². The summed E-state index contributed by atoms with van der Waals surface area (Å²) in [6, 6.07) is -0.123. The topological polar surface area (TPSA) is 81.4 Å². The van der Waals surface area contributed by atoms with Gasteiger partial charge in [-0.05, 0) is 11.8 Å². The highest BCUT2D eigenvalue weighted by atomic mass is 32.2. The summed E-state index contributed by atoms with van der Waals surface area (Å²) in [5, 5.41) is 0. The molecule has 0 fully saturated rings. The molecule has 3 N–H and O–H groups in total. The number of nitrogens with one attached hydrogen (secondary N) is 1. The van der Waals surface area contributed by atoms with Crippen LogP contribution in [0.1, 0.15) is 27.2 Å². The minimum absolute atomic E-state index is 0.123. The lowest BCUT2D eigenvalue weighted by atomic mass is 10.0. The second-order valence-electron chi connectivity index (χ2n) is 5.22. The first-order valence-corrected chi connectivity index (χ1v) is 7.03. The normalized spacial score (nSPS) is 15.1. The zero-order chi connectivity index (χ0) is 12.8. The molecule has 0 aromatic heterocycles. The fraction of sp³-hybridized carbons (Fsp3) is 1.00. The van der Waals surface area contributed by atoms with Gasteiger partial charge in [0.15, 0.2) is 0 Å². The van der Waals surface area contributed by atoms with Gasteiger partial charge >= 0.3 is 0 Å². The molecule has 0 heterocycles. The third-order valence-electron chi connectivity index (χ3n) is 1.84. The summed E-state index contributed by atoms with van der Waals surface area (Å²) in [6.45, 7) is 6.48. The summed E-state index contributed by atoms with van der Waals surface area (Å²) in [6.07, 6.45) is 0.581. The number of rotatable bonds is 7. The zero-order valence-electron chi connectivity index (χ0n) is 10.6. The van der Waals surface area contributed by atoms with Crippen LogP contribution in [-0.4, -0.2) is 40.5 Å². The molecule has 0 bridgehead atoms. The average Bonchev–Trinajstić information content (AvgIpc) is 1.98. The Morgan fingerprint density at radius 1 is 1.38 bits per heavy atom. The smallest absolute Gasteiger partial charge is 0.212 e. The molecule has 16 heavy (non-hydrogen) atoms. The van der Waals surface area contributed by atoms with Crippen molar-refractivity contribution < 1.29 is 13.2 Å². The quantitative estimate of drug-likeness (QED) is 0.683. The maximum Gasteiger partial charge on any atom is 0.212 e. The minimum Gasteiger partial charge on any atom is -0.383 e. The third-order valence-corrected chi connectivity index (χ3v) is 3.73. The van der Waals surface area contributed by atoms with E-state index in [-0.39, 0.29) is 17.2 Å². The lowest BCUT2D eigenvalue weighted by molar-refractivity contribution is 0.177. The molecule has 0 aromatic carbocycles. The Balaban J connectivity index is 3.92. The Morgan fingerprint density at radius 3 is 2.38 bits per heavy atom. The second kappa shape index (κ2) is 6.54. The molecule has 1 atom stereocenters. The van der Waals surface area contributed by atoms with Crippen LogP contribution in [0, 0.1) is 5.41 Å². The van der Waals surface area contributed by atoms with Gasteiger partial charge in [-0.1, -0.05) is 20.8 Å². The Bertz CT molecular complexity index is 283. The molecule has 0 saturated heterocycles. The minimum atomic E-state index is -3.20. The molecule has 0 amide bonds. The summed E-state index contributed by atoms with van der Waals surface area (Å²) in [7, 11) is -1.62. The predicted molar refractivity (Wildman–Crippen MR) is 65.7 cm³/mol. The van der Waals surface area contributed by atoms with E-state index in [2.05, 4.69) is 4.72 Å². The number of nitrogens with two attached hydrogens (primary N) is 1. The molecule has 0 saturated carbocycles. The molecule has 0 rings (SSSR count). The highest BCUT2D eigenvalue weighted by Crippen LogP contribution is 2.15. The van der Waals surface area contributed by atoms with Crippen molar-refractivity contribution in [2.24, 2.45) is 11.1 Å². The molecular weight excluding hydrogens is 228 g/mol. The van der Waals surface area contributed by atoms with Gasteiger partial charge in [0.25, 0.3) is 0 Å². The van der Waals surface area contributed by atoms with Gasteiger partial charge in [-0.3, -0.25) is 0 Å². The van der Waals surface area contributed by atoms with Crippen molar-refractivity contribution in [1.29, 1.82) is 0 Å². The molecule has 0 aliphatic rings. The monoisotopic (exact) mass is 252 g/mol. The standard InChI is InChI=1S/C10H24N2O3S/c1-10(2,3)8-16(13,14)12-6-5-9(11)7-15-4/h9,12H,5-8,11H2,1-4H3. The molecule has 0 aliphatic carbocycles. The van der Waals surface area contributed by atoms with Crippen molar-refractivity contribution in [2.45, 2.75) is 33.2 Å². The van der Waals surface area contributed by atoms with Crippen LogP contribution in [0.3, 0.4) is 0 Å². The van der Waals surface area contributed by atoms with Crippen molar-refractivity contribution >= 4 is 10.0 Å². The lowest BCUT2D eigenvalue weighted by Crippen LogP contribution is -2.36. The maximum atomic E-state index is 11.6. The number of hydrogen-bond donors (Lipinski definition) is 2. The second-order valence-corrected chi connectivity index (χ2v) is 7.03. The summed E-state index contributed by atoms with van der Waals surface area (Å²) < 4.78 is 30.6. The van der Waals surface area contributed by atoms with Crippen LogP contribution >= 0.6 is 0 Å². The molecule has 0 spiro atoms. The van der Waals surface area contributed by atoms with E-state index in [1.807, 2.05) is 20.8 Å². The van der Waals surface area contributed by atoms with E-state index in [1.165, 1.54) is 0 Å². The van der Waals surface area contributed by atoms with E-state index in [0.717, 1.165) is 0 Å². The van der Waals surface area contributed by atoms with Gasteiger partial charge in [0, 0.05) is 19.7 Å². The molecule has 98 valence electrons. The first-order chi connectivity index (χ1) is 7.16. The fourth-order valence-corrected chi connectivity index (χ4v) is 2.99. The highest BCUT2D eigenvalue weighted by molar-refractivity contribution is 7.89. The Labute approximate surface area is 98.8 Å². The molecule has 0 radical (unpaired) electrons. The summed E-state index contributed by atoms with van der Waals surface area (Å²) in [4.78, 5) is 0. The molecule has 6 heteroatoms. The van der Waals surface area contributed by atoms with Crippen molar-refractivity contribution in [3.05, 3.63) is 0 Å². The van der Waals surface area contributed by atoms with E-state index in [4.69, 9.17) is 10.5 Å². The van der Waals surface area contributed by atoms with E-state index in [9.17, 15) is 8.42 Å². The van der Waals surface area contributed by atoms with E-state index in [0.29, 0.717) is 19.6 Å². The predicted octanol–water partition coefficient (Wildman–Crippen LogP) is 0.316. The highest BCUT2D eigenvalue weighted by Gasteiger charge is 2.21. The van der Waals surface area contributed by atoms with Gasteiger partial charge in [-0.25, -0.2) is 13.1 Å². The van der Waals surface area contributed by atoms with Crippen LogP contribution in [0.4, 0.5) is 0 Å². The fourth-order valence-electron chi connectivity index (χ4n) is 1.32. The van der Waals surface area contributed by atoms with Gasteiger partial charge < -0.3 is 10.5 Å². The first-order valence-electron chi connectivity index (χ1n) is 5.38. The average molecular weight is 252 g/mol. The zero-order valence-corrected chi connectivity index (χ0v) is 11.4.